The third kappa shape index (κ3) is 5.34. The van der Waals surface area contributed by atoms with Gasteiger partial charge in [0.1, 0.15) is 11.6 Å². The molecule has 1 fully saturated rings. The van der Waals surface area contributed by atoms with Gasteiger partial charge in [-0.1, -0.05) is 12.5 Å². The molecule has 0 heterocycles. The number of hydrogen-bond acceptors (Lipinski definition) is 2. The van der Waals surface area contributed by atoms with Gasteiger partial charge >= 0.3 is 12.4 Å². The fraction of sp³-hybridized carbons (Fsp3) is 0.409. The molecular weight excluding hydrogens is 443 g/mol. The zero-order chi connectivity index (χ0) is 23.7. The van der Waals surface area contributed by atoms with Crippen molar-refractivity contribution in [2.75, 3.05) is 12.4 Å². The van der Waals surface area contributed by atoms with E-state index in [0.717, 1.165) is 18.2 Å². The van der Waals surface area contributed by atoms with Crippen LogP contribution in [0.4, 0.5) is 36.4 Å². The van der Waals surface area contributed by atoms with Gasteiger partial charge in [-0.2, -0.15) is 26.3 Å². The van der Waals surface area contributed by atoms with Crippen molar-refractivity contribution >= 4 is 11.6 Å². The normalized spacial score (nSPS) is 19.5. The minimum atomic E-state index is -4.71. The summed E-state index contributed by atoms with van der Waals surface area (Å²) in [5.41, 5.74) is -1.84. The molecule has 1 aliphatic rings. The van der Waals surface area contributed by atoms with Crippen LogP contribution in [0.3, 0.4) is 0 Å². The number of rotatable bonds is 4. The summed E-state index contributed by atoms with van der Waals surface area (Å²) in [5, 5.41) is 2.33. The van der Waals surface area contributed by atoms with Crippen molar-refractivity contribution in [1.82, 2.24) is 0 Å². The van der Waals surface area contributed by atoms with E-state index < -0.39 is 41.1 Å². The summed E-state index contributed by atoms with van der Waals surface area (Å²) in [6.07, 6.45) is -7.25. The molecule has 0 radical (unpaired) electrons. The van der Waals surface area contributed by atoms with Gasteiger partial charge in [0.2, 0.25) is 5.91 Å². The average Bonchev–Trinajstić information content (AvgIpc) is 2.73. The predicted octanol–water partition coefficient (Wildman–Crippen LogP) is 6.78. The van der Waals surface area contributed by atoms with Gasteiger partial charge in [0.15, 0.2) is 0 Å². The number of benzene rings is 2. The van der Waals surface area contributed by atoms with Crippen LogP contribution >= 0.6 is 0 Å². The van der Waals surface area contributed by atoms with Gasteiger partial charge < -0.3 is 10.1 Å². The lowest BCUT2D eigenvalue weighted by atomic mass is 9.77. The van der Waals surface area contributed by atoms with Crippen molar-refractivity contribution in [2.24, 2.45) is 5.92 Å². The smallest absolute Gasteiger partial charge is 0.416 e. The van der Waals surface area contributed by atoms with Gasteiger partial charge in [-0.3, -0.25) is 4.79 Å². The number of nitrogens with one attached hydrogen (secondary N) is 1. The van der Waals surface area contributed by atoms with E-state index in [-0.39, 0.29) is 23.8 Å². The molecule has 0 aliphatic heterocycles. The minimum absolute atomic E-state index is 0.0691. The van der Waals surface area contributed by atoms with Crippen LogP contribution in [0.1, 0.15) is 48.3 Å². The zero-order valence-corrected chi connectivity index (χ0v) is 16.9. The Morgan fingerprint density at radius 3 is 2.19 bits per heavy atom. The number of hydrogen-bond donors (Lipinski definition) is 1. The highest BCUT2D eigenvalue weighted by Gasteiger charge is 2.35. The van der Waals surface area contributed by atoms with Crippen molar-refractivity contribution < 1.29 is 40.3 Å². The second-order valence-electron chi connectivity index (χ2n) is 7.70. The van der Waals surface area contributed by atoms with Crippen LogP contribution in [-0.4, -0.2) is 13.0 Å². The highest BCUT2D eigenvalue weighted by atomic mass is 19.4. The van der Waals surface area contributed by atoms with Crippen molar-refractivity contribution in [1.29, 1.82) is 0 Å². The number of alkyl halides is 6. The Morgan fingerprint density at radius 1 is 0.969 bits per heavy atom. The maximum atomic E-state index is 14.1. The van der Waals surface area contributed by atoms with Gasteiger partial charge in [-0.15, -0.1) is 0 Å². The van der Waals surface area contributed by atoms with Crippen molar-refractivity contribution in [3.8, 4) is 5.75 Å². The lowest BCUT2D eigenvalue weighted by Gasteiger charge is -2.30. The monoisotopic (exact) mass is 463 g/mol. The van der Waals surface area contributed by atoms with Crippen molar-refractivity contribution in [3.05, 3.63) is 58.9 Å². The molecule has 0 aromatic heterocycles. The highest BCUT2D eigenvalue weighted by molar-refractivity contribution is 5.92. The standard InChI is InChI=1S/C22H20F7NO2/c1-32-19-11-15(22(27,28)29)5-7-16(19)12-3-2-4-13(9-12)20(31)30-18-8-6-14(10-17(18)23)21(24,25)26/h5-8,10-13H,2-4,9H2,1H3,(H,30,31). The number of methoxy groups -OCH3 is 1. The van der Waals surface area contributed by atoms with Crippen LogP contribution in [0.5, 0.6) is 5.75 Å². The number of anilines is 1. The predicted molar refractivity (Wildman–Crippen MR) is 103 cm³/mol. The van der Waals surface area contributed by atoms with Crippen molar-refractivity contribution in [2.45, 2.75) is 44.0 Å². The molecule has 3 rings (SSSR count). The largest absolute Gasteiger partial charge is 0.496 e. The van der Waals surface area contributed by atoms with Crippen LogP contribution < -0.4 is 10.1 Å². The fourth-order valence-corrected chi connectivity index (χ4v) is 3.96. The maximum absolute atomic E-state index is 14.1. The van der Waals surface area contributed by atoms with E-state index in [4.69, 9.17) is 4.74 Å². The molecule has 2 unspecified atom stereocenters. The lowest BCUT2D eigenvalue weighted by Crippen LogP contribution is -2.28. The second kappa shape index (κ2) is 8.99. The van der Waals surface area contributed by atoms with Crippen LogP contribution in [0.15, 0.2) is 36.4 Å². The Morgan fingerprint density at radius 2 is 1.59 bits per heavy atom. The summed E-state index contributed by atoms with van der Waals surface area (Å²) in [5.74, 6) is -2.53. The van der Waals surface area contributed by atoms with Crippen LogP contribution in [0.2, 0.25) is 0 Å². The molecule has 2 aromatic carbocycles. The molecule has 174 valence electrons. The molecule has 0 saturated heterocycles. The summed E-state index contributed by atoms with van der Waals surface area (Å²) >= 11 is 0. The molecule has 1 aliphatic carbocycles. The van der Waals surface area contributed by atoms with E-state index in [1.54, 1.807) is 0 Å². The summed E-state index contributed by atoms with van der Waals surface area (Å²) in [7, 11) is 1.26. The molecule has 2 aromatic rings. The first-order chi connectivity index (χ1) is 14.9. The molecule has 1 saturated carbocycles. The van der Waals surface area contributed by atoms with Crippen LogP contribution in [-0.2, 0) is 17.1 Å². The summed E-state index contributed by atoms with van der Waals surface area (Å²) in [6, 6.07) is 5.05. The van der Waals surface area contributed by atoms with E-state index >= 15 is 0 Å². The lowest BCUT2D eigenvalue weighted by molar-refractivity contribution is -0.138. The van der Waals surface area contributed by atoms with Gasteiger partial charge in [-0.05, 0) is 61.1 Å². The molecule has 32 heavy (non-hydrogen) atoms. The Balaban J connectivity index is 1.74. The number of ether oxygens (including phenoxy) is 1. The first kappa shape index (κ1) is 23.9. The SMILES string of the molecule is COc1cc(C(F)(F)F)ccc1C1CCCC(C(=O)Nc2ccc(C(F)(F)F)cc2F)C1. The molecule has 3 nitrogen and oxygen atoms in total. The first-order valence-electron chi connectivity index (χ1n) is 9.83. The number of halogens is 7. The van der Waals surface area contributed by atoms with E-state index in [1.165, 1.54) is 13.2 Å². The number of carbonyl (C=O) groups is 1. The maximum Gasteiger partial charge on any atom is 0.416 e. The first-order valence-corrected chi connectivity index (χ1v) is 9.83. The topological polar surface area (TPSA) is 38.3 Å². The van der Waals surface area contributed by atoms with Crippen LogP contribution in [0, 0.1) is 11.7 Å². The fourth-order valence-electron chi connectivity index (χ4n) is 3.96. The Kier molecular flexibility index (Phi) is 6.71. The third-order valence-corrected chi connectivity index (χ3v) is 5.60. The van der Waals surface area contributed by atoms with Gasteiger partial charge in [0.25, 0.3) is 0 Å². The average molecular weight is 463 g/mol. The summed E-state index contributed by atoms with van der Waals surface area (Å²) in [6.45, 7) is 0. The number of amides is 1. The van der Waals surface area contributed by atoms with E-state index in [0.29, 0.717) is 37.0 Å². The Hall–Kier alpha value is -2.78. The molecule has 2 atom stereocenters. The van der Waals surface area contributed by atoms with Crippen LogP contribution in [0.25, 0.3) is 0 Å². The number of carbonyl (C=O) groups excluding carboxylic acids is 1. The Bertz CT molecular complexity index is 985. The van der Waals surface area contributed by atoms with E-state index in [1.807, 2.05) is 0 Å². The molecule has 0 bridgehead atoms. The molecule has 1 amide bonds. The third-order valence-electron chi connectivity index (χ3n) is 5.60. The molecular formula is C22H20F7NO2. The van der Waals surface area contributed by atoms with Gasteiger partial charge in [0.05, 0.1) is 23.9 Å². The summed E-state index contributed by atoms with van der Waals surface area (Å²) < 4.78 is 96.2. The minimum Gasteiger partial charge on any atom is -0.496 e. The zero-order valence-electron chi connectivity index (χ0n) is 16.9. The van der Waals surface area contributed by atoms with Gasteiger partial charge in [-0.25, -0.2) is 4.39 Å². The van der Waals surface area contributed by atoms with Crippen molar-refractivity contribution in [3.63, 3.8) is 0 Å². The Labute approximate surface area is 179 Å². The summed E-state index contributed by atoms with van der Waals surface area (Å²) in [4.78, 5) is 12.6. The van der Waals surface area contributed by atoms with Gasteiger partial charge in [0, 0.05) is 5.92 Å². The van der Waals surface area contributed by atoms with E-state index in [9.17, 15) is 35.5 Å². The van der Waals surface area contributed by atoms with E-state index in [2.05, 4.69) is 5.32 Å². The quantitative estimate of drug-likeness (QED) is 0.508. The molecule has 0 spiro atoms. The second-order valence-corrected chi connectivity index (χ2v) is 7.70. The molecule has 1 N–H and O–H groups in total. The molecule has 10 heteroatoms. The highest BCUT2D eigenvalue weighted by Crippen LogP contribution is 2.42.